The van der Waals surface area contributed by atoms with Gasteiger partial charge >= 0.3 is 0 Å². The van der Waals surface area contributed by atoms with E-state index in [1.807, 2.05) is 7.05 Å². The lowest BCUT2D eigenvalue weighted by Gasteiger charge is -2.20. The number of hydrogen-bond acceptors (Lipinski definition) is 6. The number of likely N-dealkylation sites (N-methyl/N-ethyl adjacent to an activating group) is 2. The van der Waals surface area contributed by atoms with Crippen LogP contribution in [0, 0.1) is 0 Å². The molecule has 0 spiro atoms. The Bertz CT molecular complexity index is 380. The summed E-state index contributed by atoms with van der Waals surface area (Å²) >= 11 is 5.44. The number of carbonyl (C=O) groups excluding carboxylic acids is 1. The van der Waals surface area contributed by atoms with Crippen LogP contribution >= 0.6 is 11.6 Å². The van der Waals surface area contributed by atoms with Gasteiger partial charge in [-0.05, 0) is 13.6 Å². The summed E-state index contributed by atoms with van der Waals surface area (Å²) < 4.78 is 0. The molecular weight excluding hydrogens is 294 g/mol. The number of nitrogens with two attached hydrogens (primary N) is 3. The maximum Gasteiger partial charge on any atom is 0.227 e. The van der Waals surface area contributed by atoms with Crippen molar-refractivity contribution in [3.05, 3.63) is 11.0 Å². The zero-order valence-corrected chi connectivity index (χ0v) is 13.4. The molecule has 0 saturated carbocycles. The fourth-order valence-electron chi connectivity index (χ4n) is 1.53. The Kier molecular flexibility index (Phi) is 10.4. The van der Waals surface area contributed by atoms with Crippen molar-refractivity contribution in [2.75, 3.05) is 39.8 Å². The molecule has 0 aromatic heterocycles. The van der Waals surface area contributed by atoms with Crippen LogP contribution in [0.5, 0.6) is 0 Å². The van der Waals surface area contributed by atoms with Gasteiger partial charge in [-0.3, -0.25) is 4.79 Å². The molecule has 1 amide bonds. The normalized spacial score (nSPS) is 13.2. The molecule has 0 fully saturated rings. The number of hydrogen-bond donors (Lipinski definition) is 5. The molecule has 122 valence electrons. The second-order valence-electron chi connectivity index (χ2n) is 4.40. The molecule has 21 heavy (non-hydrogen) atoms. The number of amides is 1. The number of nitrogens with zero attached hydrogens (tertiary/aromatic N) is 2. The van der Waals surface area contributed by atoms with Crippen molar-refractivity contribution in [1.29, 1.82) is 0 Å². The van der Waals surface area contributed by atoms with E-state index in [2.05, 4.69) is 27.4 Å². The minimum absolute atomic E-state index is 0.0481. The highest BCUT2D eigenvalue weighted by Crippen LogP contribution is 1.98. The summed E-state index contributed by atoms with van der Waals surface area (Å²) in [6.07, 6.45) is -0.0481. The first-order valence-electron chi connectivity index (χ1n) is 6.78. The van der Waals surface area contributed by atoms with Crippen LogP contribution in [0.2, 0.25) is 0 Å². The summed E-state index contributed by atoms with van der Waals surface area (Å²) in [7, 11) is 1.91. The summed E-state index contributed by atoms with van der Waals surface area (Å²) in [6, 6.07) is 0. The molecule has 8 nitrogen and oxygen atoms in total. The quantitative estimate of drug-likeness (QED) is 0.192. The zero-order valence-electron chi connectivity index (χ0n) is 12.7. The third-order valence-electron chi connectivity index (χ3n) is 2.73. The maximum absolute atomic E-state index is 11.7. The van der Waals surface area contributed by atoms with Crippen molar-refractivity contribution in [3.8, 4) is 0 Å². The molecule has 0 atom stereocenters. The van der Waals surface area contributed by atoms with Crippen LogP contribution in [-0.4, -0.2) is 56.4 Å². The Hall–Kier alpha value is -1.51. The summed E-state index contributed by atoms with van der Waals surface area (Å²) in [5, 5.41) is 5.71. The van der Waals surface area contributed by atoms with Gasteiger partial charge in [0.05, 0.1) is 6.42 Å². The Labute approximate surface area is 130 Å². The minimum atomic E-state index is -0.220. The Balaban J connectivity index is 4.08. The van der Waals surface area contributed by atoms with E-state index in [4.69, 9.17) is 28.8 Å². The number of amidine groups is 1. The third-order valence-corrected chi connectivity index (χ3v) is 2.92. The van der Waals surface area contributed by atoms with Crippen molar-refractivity contribution >= 4 is 23.3 Å². The first-order chi connectivity index (χ1) is 9.90. The highest BCUT2D eigenvalue weighted by Gasteiger charge is 2.06. The maximum atomic E-state index is 11.7. The van der Waals surface area contributed by atoms with Crippen molar-refractivity contribution in [2.45, 2.75) is 13.3 Å². The van der Waals surface area contributed by atoms with Crippen LogP contribution in [0.3, 0.4) is 0 Å². The van der Waals surface area contributed by atoms with Crippen LogP contribution in [-0.2, 0) is 4.79 Å². The number of aliphatic imine (C=N–C) groups is 1. The first kappa shape index (κ1) is 19.5. The smallest absolute Gasteiger partial charge is 0.227 e. The van der Waals surface area contributed by atoms with E-state index < -0.39 is 0 Å². The van der Waals surface area contributed by atoms with Gasteiger partial charge in [0.1, 0.15) is 11.0 Å². The monoisotopic (exact) mass is 319 g/mol. The Morgan fingerprint density at radius 1 is 1.24 bits per heavy atom. The molecule has 0 heterocycles. The fraction of sp³-hybridized carbons (Fsp3) is 0.667. The summed E-state index contributed by atoms with van der Waals surface area (Å²) in [6.45, 7) is 6.17. The number of carbonyl (C=O) groups is 1. The molecule has 0 aromatic carbocycles. The SMILES string of the molecule is CCN(CCNC)CCNC(=O)C/C(N)=N\C(N)=C(/N)Cl. The van der Waals surface area contributed by atoms with Crippen LogP contribution in [0.15, 0.2) is 16.0 Å². The number of rotatable bonds is 10. The lowest BCUT2D eigenvalue weighted by Crippen LogP contribution is -2.38. The molecule has 0 aromatic rings. The van der Waals surface area contributed by atoms with Gasteiger partial charge in [0.25, 0.3) is 0 Å². The highest BCUT2D eigenvalue weighted by atomic mass is 35.5. The van der Waals surface area contributed by atoms with Gasteiger partial charge < -0.3 is 32.7 Å². The van der Waals surface area contributed by atoms with E-state index in [1.165, 1.54) is 0 Å². The molecule has 0 rings (SSSR count). The standard InChI is InChI=1S/C12H26ClN7O/c1-3-20(6-4-17-2)7-5-18-10(21)8-9(14)19-12(16)11(13)15/h17H,3-8,15-16H2,1-2H3,(H2,14,19)(H,18,21)/b12-11-. The van der Waals surface area contributed by atoms with Gasteiger partial charge in [-0.25, -0.2) is 4.99 Å². The van der Waals surface area contributed by atoms with E-state index >= 15 is 0 Å². The van der Waals surface area contributed by atoms with E-state index in [0.717, 1.165) is 26.2 Å². The average Bonchev–Trinajstić information content (AvgIpc) is 2.42. The second-order valence-corrected chi connectivity index (χ2v) is 4.81. The molecular formula is C12H26ClN7O. The van der Waals surface area contributed by atoms with Gasteiger partial charge in [0, 0.05) is 26.2 Å². The predicted molar refractivity (Wildman–Crippen MR) is 86.5 cm³/mol. The van der Waals surface area contributed by atoms with Gasteiger partial charge in [-0.15, -0.1) is 0 Å². The van der Waals surface area contributed by atoms with Gasteiger partial charge in [0.15, 0.2) is 5.82 Å². The van der Waals surface area contributed by atoms with Crippen LogP contribution < -0.4 is 27.8 Å². The fourth-order valence-corrected chi connectivity index (χ4v) is 1.57. The van der Waals surface area contributed by atoms with Crippen LogP contribution in [0.4, 0.5) is 0 Å². The van der Waals surface area contributed by atoms with Gasteiger partial charge in [0.2, 0.25) is 5.91 Å². The number of halogens is 1. The molecule has 0 aliphatic carbocycles. The lowest BCUT2D eigenvalue weighted by atomic mass is 10.3. The van der Waals surface area contributed by atoms with Crippen molar-refractivity contribution < 1.29 is 4.79 Å². The zero-order chi connectivity index (χ0) is 16.3. The topological polar surface area (TPSA) is 135 Å². The van der Waals surface area contributed by atoms with Crippen molar-refractivity contribution in [1.82, 2.24) is 15.5 Å². The summed E-state index contributed by atoms with van der Waals surface area (Å²) in [4.78, 5) is 17.6. The molecule has 0 saturated heterocycles. The number of nitrogens with one attached hydrogen (secondary N) is 2. The van der Waals surface area contributed by atoms with Crippen LogP contribution in [0.25, 0.3) is 0 Å². The average molecular weight is 320 g/mol. The van der Waals surface area contributed by atoms with Crippen molar-refractivity contribution in [3.63, 3.8) is 0 Å². The van der Waals surface area contributed by atoms with Gasteiger partial charge in [-0.2, -0.15) is 0 Å². The minimum Gasteiger partial charge on any atom is -0.387 e. The van der Waals surface area contributed by atoms with E-state index in [1.54, 1.807) is 0 Å². The Morgan fingerprint density at radius 3 is 2.38 bits per heavy atom. The lowest BCUT2D eigenvalue weighted by molar-refractivity contribution is -0.119. The van der Waals surface area contributed by atoms with Gasteiger partial charge in [-0.1, -0.05) is 18.5 Å². The molecule has 0 bridgehead atoms. The van der Waals surface area contributed by atoms with E-state index in [9.17, 15) is 4.79 Å². The predicted octanol–water partition coefficient (Wildman–Crippen LogP) is -1.33. The summed E-state index contributed by atoms with van der Waals surface area (Å²) in [5.41, 5.74) is 16.2. The molecule has 0 aliphatic heterocycles. The highest BCUT2D eigenvalue weighted by molar-refractivity contribution is 6.29. The molecule has 0 unspecified atom stereocenters. The van der Waals surface area contributed by atoms with E-state index in [-0.39, 0.29) is 29.1 Å². The molecule has 8 N–H and O–H groups in total. The van der Waals surface area contributed by atoms with Crippen LogP contribution in [0.1, 0.15) is 13.3 Å². The second kappa shape index (κ2) is 11.2. The molecule has 9 heteroatoms. The first-order valence-corrected chi connectivity index (χ1v) is 7.15. The Morgan fingerprint density at radius 2 is 1.86 bits per heavy atom. The molecule has 0 aliphatic rings. The van der Waals surface area contributed by atoms with Crippen molar-refractivity contribution in [2.24, 2.45) is 22.2 Å². The molecule has 0 radical (unpaired) electrons. The van der Waals surface area contributed by atoms with E-state index in [0.29, 0.717) is 6.54 Å². The summed E-state index contributed by atoms with van der Waals surface area (Å²) in [5.74, 6) is -0.246. The largest absolute Gasteiger partial charge is 0.387 e. The third kappa shape index (κ3) is 9.94.